The van der Waals surface area contributed by atoms with Crippen molar-refractivity contribution in [2.75, 3.05) is 0 Å². The van der Waals surface area contributed by atoms with Crippen LogP contribution < -0.4 is 10.6 Å². The predicted molar refractivity (Wildman–Crippen MR) is 106 cm³/mol. The number of hydrogen-bond acceptors (Lipinski definition) is 2. The lowest BCUT2D eigenvalue weighted by Gasteiger charge is -2.21. The van der Waals surface area contributed by atoms with Gasteiger partial charge in [-0.3, -0.25) is 9.59 Å². The highest BCUT2D eigenvalue weighted by atomic mass is 16.2. The molecule has 2 N–H and O–H groups in total. The summed E-state index contributed by atoms with van der Waals surface area (Å²) in [5.41, 5.74) is 2.69. The van der Waals surface area contributed by atoms with Crippen LogP contribution in [0.5, 0.6) is 0 Å². The lowest BCUT2D eigenvalue weighted by molar-refractivity contribution is -0.123. The van der Waals surface area contributed by atoms with Gasteiger partial charge >= 0.3 is 0 Å². The Kier molecular flexibility index (Phi) is 6.36. The molecule has 0 bridgehead atoms. The van der Waals surface area contributed by atoms with Crippen molar-refractivity contribution in [3.8, 4) is 0 Å². The Balaban J connectivity index is 1.67. The molecule has 0 fully saturated rings. The fourth-order valence-electron chi connectivity index (χ4n) is 2.83. The molecule has 0 spiro atoms. The fraction of sp³-hybridized carbons (Fsp3) is 0.130. The minimum atomic E-state index is -0.571. The summed E-state index contributed by atoms with van der Waals surface area (Å²) in [6.07, 6.45) is -0.0455. The van der Waals surface area contributed by atoms with Gasteiger partial charge in [-0.25, -0.2) is 0 Å². The van der Waals surface area contributed by atoms with Crippen molar-refractivity contribution in [2.45, 2.75) is 19.0 Å². The maximum Gasteiger partial charge on any atom is 0.226 e. The second-order valence-electron chi connectivity index (χ2n) is 6.30. The molecule has 0 unspecified atom stereocenters. The van der Waals surface area contributed by atoms with Crippen molar-refractivity contribution in [3.63, 3.8) is 0 Å². The SMILES string of the molecule is O=C(Cc1ccccc1)NC(NC(=O)Cc1ccccc1)c1ccccc1. The second-order valence-corrected chi connectivity index (χ2v) is 6.30. The molecule has 0 aromatic heterocycles. The Bertz CT molecular complexity index is 809. The van der Waals surface area contributed by atoms with E-state index in [-0.39, 0.29) is 24.7 Å². The van der Waals surface area contributed by atoms with Crippen molar-refractivity contribution >= 4 is 11.8 Å². The van der Waals surface area contributed by atoms with Crippen molar-refractivity contribution in [1.29, 1.82) is 0 Å². The van der Waals surface area contributed by atoms with Crippen LogP contribution in [0.2, 0.25) is 0 Å². The molecule has 0 aliphatic rings. The summed E-state index contributed by atoms with van der Waals surface area (Å²) in [7, 11) is 0. The zero-order valence-corrected chi connectivity index (χ0v) is 15.0. The molecule has 27 heavy (non-hydrogen) atoms. The van der Waals surface area contributed by atoms with E-state index in [1.165, 1.54) is 0 Å². The first-order chi connectivity index (χ1) is 13.2. The lowest BCUT2D eigenvalue weighted by Crippen LogP contribution is -2.42. The minimum Gasteiger partial charge on any atom is -0.332 e. The zero-order chi connectivity index (χ0) is 18.9. The van der Waals surface area contributed by atoms with Crippen LogP contribution in [0.1, 0.15) is 22.9 Å². The van der Waals surface area contributed by atoms with Crippen LogP contribution >= 0.6 is 0 Å². The molecule has 0 aliphatic heterocycles. The normalized spacial score (nSPS) is 10.4. The molecule has 0 aliphatic carbocycles. The average Bonchev–Trinajstić information content (AvgIpc) is 2.69. The monoisotopic (exact) mass is 358 g/mol. The van der Waals surface area contributed by atoms with Gasteiger partial charge in [-0.05, 0) is 16.7 Å². The van der Waals surface area contributed by atoms with Crippen LogP contribution in [0.3, 0.4) is 0 Å². The number of amides is 2. The van der Waals surface area contributed by atoms with Gasteiger partial charge in [-0.1, -0.05) is 91.0 Å². The second kappa shape index (κ2) is 9.34. The number of nitrogens with one attached hydrogen (secondary N) is 2. The van der Waals surface area contributed by atoms with Gasteiger partial charge in [0.1, 0.15) is 6.17 Å². The highest BCUT2D eigenvalue weighted by Crippen LogP contribution is 2.11. The molecule has 0 radical (unpaired) electrons. The molecule has 3 rings (SSSR count). The Morgan fingerprint density at radius 1 is 0.593 bits per heavy atom. The molecule has 136 valence electrons. The summed E-state index contributed by atoms with van der Waals surface area (Å²) in [6, 6.07) is 28.5. The van der Waals surface area contributed by atoms with Gasteiger partial charge in [0.15, 0.2) is 0 Å². The Hall–Kier alpha value is -3.40. The standard InChI is InChI=1S/C23H22N2O2/c26-21(16-18-10-4-1-5-11-18)24-23(20-14-8-3-9-15-20)25-22(27)17-19-12-6-2-7-13-19/h1-15,23H,16-17H2,(H,24,26)(H,25,27). The highest BCUT2D eigenvalue weighted by molar-refractivity contribution is 5.82. The summed E-state index contributed by atoms with van der Waals surface area (Å²) in [5.74, 6) is -0.287. The molecular weight excluding hydrogens is 336 g/mol. The third-order valence-corrected chi connectivity index (χ3v) is 4.16. The van der Waals surface area contributed by atoms with E-state index in [1.807, 2.05) is 91.0 Å². The number of hydrogen-bond donors (Lipinski definition) is 2. The highest BCUT2D eigenvalue weighted by Gasteiger charge is 2.17. The van der Waals surface area contributed by atoms with Crippen LogP contribution in [-0.4, -0.2) is 11.8 Å². The average molecular weight is 358 g/mol. The van der Waals surface area contributed by atoms with Crippen molar-refractivity contribution < 1.29 is 9.59 Å². The Morgan fingerprint density at radius 3 is 1.37 bits per heavy atom. The first-order valence-corrected chi connectivity index (χ1v) is 8.92. The molecule has 4 heteroatoms. The Labute approximate surface area is 159 Å². The molecule has 2 amide bonds. The number of carbonyl (C=O) groups excluding carboxylic acids is 2. The van der Waals surface area contributed by atoms with Crippen LogP contribution in [-0.2, 0) is 22.4 Å². The number of rotatable bonds is 7. The van der Waals surface area contributed by atoms with Crippen molar-refractivity contribution in [1.82, 2.24) is 10.6 Å². The van der Waals surface area contributed by atoms with Crippen molar-refractivity contribution in [3.05, 3.63) is 108 Å². The zero-order valence-electron chi connectivity index (χ0n) is 15.0. The quantitative estimate of drug-likeness (QED) is 0.636. The largest absolute Gasteiger partial charge is 0.332 e. The van der Waals surface area contributed by atoms with Crippen LogP contribution in [0.25, 0.3) is 0 Å². The van der Waals surface area contributed by atoms with Gasteiger partial charge in [0.25, 0.3) is 0 Å². The molecule has 3 aromatic carbocycles. The molecular formula is C23H22N2O2. The maximum atomic E-state index is 12.5. The lowest BCUT2D eigenvalue weighted by atomic mass is 10.1. The molecule has 3 aromatic rings. The summed E-state index contributed by atoms with van der Waals surface area (Å²) in [4.78, 5) is 24.9. The summed E-state index contributed by atoms with van der Waals surface area (Å²) in [6.45, 7) is 0. The van der Waals surface area contributed by atoms with Gasteiger partial charge < -0.3 is 10.6 Å². The van der Waals surface area contributed by atoms with Gasteiger partial charge in [-0.2, -0.15) is 0 Å². The molecule has 0 heterocycles. The molecule has 0 saturated carbocycles. The van der Waals surface area contributed by atoms with E-state index in [0.717, 1.165) is 16.7 Å². The number of carbonyl (C=O) groups is 2. The van der Waals surface area contributed by atoms with E-state index in [9.17, 15) is 9.59 Å². The van der Waals surface area contributed by atoms with E-state index in [2.05, 4.69) is 10.6 Å². The smallest absolute Gasteiger partial charge is 0.226 e. The van der Waals surface area contributed by atoms with Gasteiger partial charge in [-0.15, -0.1) is 0 Å². The van der Waals surface area contributed by atoms with E-state index in [4.69, 9.17) is 0 Å². The van der Waals surface area contributed by atoms with Crippen LogP contribution in [0.15, 0.2) is 91.0 Å². The third kappa shape index (κ3) is 5.82. The summed E-state index contributed by atoms with van der Waals surface area (Å²) >= 11 is 0. The molecule has 0 atom stereocenters. The van der Waals surface area contributed by atoms with E-state index in [1.54, 1.807) is 0 Å². The van der Waals surface area contributed by atoms with Gasteiger partial charge in [0.05, 0.1) is 12.8 Å². The predicted octanol–water partition coefficient (Wildman–Crippen LogP) is 3.40. The van der Waals surface area contributed by atoms with E-state index in [0.29, 0.717) is 0 Å². The maximum absolute atomic E-state index is 12.5. The summed E-state index contributed by atoms with van der Waals surface area (Å²) in [5, 5.41) is 5.86. The molecule has 0 saturated heterocycles. The first-order valence-electron chi connectivity index (χ1n) is 8.92. The van der Waals surface area contributed by atoms with Gasteiger partial charge in [0.2, 0.25) is 11.8 Å². The van der Waals surface area contributed by atoms with Crippen LogP contribution in [0.4, 0.5) is 0 Å². The topological polar surface area (TPSA) is 58.2 Å². The van der Waals surface area contributed by atoms with E-state index < -0.39 is 6.17 Å². The summed E-state index contributed by atoms with van der Waals surface area (Å²) < 4.78 is 0. The van der Waals surface area contributed by atoms with E-state index >= 15 is 0 Å². The van der Waals surface area contributed by atoms with Crippen LogP contribution in [0, 0.1) is 0 Å². The fourth-order valence-corrected chi connectivity index (χ4v) is 2.83. The van der Waals surface area contributed by atoms with Crippen molar-refractivity contribution in [2.24, 2.45) is 0 Å². The third-order valence-electron chi connectivity index (χ3n) is 4.16. The Morgan fingerprint density at radius 2 is 0.963 bits per heavy atom. The van der Waals surface area contributed by atoms with Gasteiger partial charge in [0, 0.05) is 0 Å². The minimum absolute atomic E-state index is 0.143. The first kappa shape index (κ1) is 18.4. The number of benzene rings is 3. The molecule has 4 nitrogen and oxygen atoms in total.